The van der Waals surface area contributed by atoms with Gasteiger partial charge in [-0.25, -0.2) is 0 Å². The third kappa shape index (κ3) is 4.48. The Morgan fingerprint density at radius 2 is 1.97 bits per heavy atom. The molecule has 0 aliphatic carbocycles. The minimum absolute atomic E-state index is 0.102. The van der Waals surface area contributed by atoms with Gasteiger partial charge in [0.2, 0.25) is 11.8 Å². The molecule has 3 rings (SSSR count). The number of carbonyl (C=O) groups excluding carboxylic acids is 2. The summed E-state index contributed by atoms with van der Waals surface area (Å²) in [6, 6.07) is 5.29. The van der Waals surface area contributed by atoms with Crippen LogP contribution in [0, 0.1) is 22.7 Å². The fourth-order valence-corrected chi connectivity index (χ4v) is 4.84. The van der Waals surface area contributed by atoms with Crippen LogP contribution in [0.1, 0.15) is 43.7 Å². The summed E-state index contributed by atoms with van der Waals surface area (Å²) < 4.78 is 40.3. The van der Waals surface area contributed by atoms with Crippen molar-refractivity contribution in [1.29, 1.82) is 5.26 Å². The van der Waals surface area contributed by atoms with Crippen LogP contribution in [0.5, 0.6) is 0 Å². The number of carbonyl (C=O) groups is 2. The molecule has 0 saturated carbocycles. The summed E-state index contributed by atoms with van der Waals surface area (Å²) in [6.07, 6.45) is -2.12. The standard InChI is InChI=1S/C22H27F3N4O2/c1-3-4-19(30)28-9-7-21(8-10-28)14-29(13-18(21)20(31)27-2)16-6-5-15(12-26)17(11-16)22(23,24)25/h5-6,11,18H,3-4,7-10,13-14H2,1-2H3,(H,27,31). The largest absolute Gasteiger partial charge is 0.417 e. The lowest BCUT2D eigenvalue weighted by atomic mass is 9.70. The number of nitriles is 1. The second-order valence-electron chi connectivity index (χ2n) is 8.38. The highest BCUT2D eigenvalue weighted by atomic mass is 19.4. The van der Waals surface area contributed by atoms with Gasteiger partial charge in [-0.1, -0.05) is 6.92 Å². The van der Waals surface area contributed by atoms with Crippen molar-refractivity contribution < 1.29 is 22.8 Å². The van der Waals surface area contributed by atoms with E-state index in [9.17, 15) is 22.8 Å². The van der Waals surface area contributed by atoms with Crippen LogP contribution >= 0.6 is 0 Å². The zero-order valence-corrected chi connectivity index (χ0v) is 17.8. The van der Waals surface area contributed by atoms with Crippen molar-refractivity contribution in [2.45, 2.75) is 38.8 Å². The van der Waals surface area contributed by atoms with E-state index in [0.29, 0.717) is 51.1 Å². The highest BCUT2D eigenvalue weighted by Gasteiger charge is 2.51. The summed E-state index contributed by atoms with van der Waals surface area (Å²) in [5.41, 5.74) is -1.45. The number of nitrogens with one attached hydrogen (secondary N) is 1. The maximum atomic E-state index is 13.4. The molecule has 1 atom stereocenters. The van der Waals surface area contributed by atoms with Gasteiger partial charge in [0.15, 0.2) is 0 Å². The molecule has 2 saturated heterocycles. The molecule has 1 aromatic rings. The minimum Gasteiger partial charge on any atom is -0.370 e. The van der Waals surface area contributed by atoms with Crippen molar-refractivity contribution in [3.63, 3.8) is 0 Å². The number of hydrogen-bond acceptors (Lipinski definition) is 4. The van der Waals surface area contributed by atoms with E-state index in [2.05, 4.69) is 5.32 Å². The predicted molar refractivity (Wildman–Crippen MR) is 109 cm³/mol. The van der Waals surface area contributed by atoms with Crippen molar-refractivity contribution in [2.24, 2.45) is 11.3 Å². The molecule has 2 aliphatic heterocycles. The quantitative estimate of drug-likeness (QED) is 0.787. The Hall–Kier alpha value is -2.76. The lowest BCUT2D eigenvalue weighted by Crippen LogP contribution is -2.49. The van der Waals surface area contributed by atoms with Gasteiger partial charge >= 0.3 is 6.18 Å². The molecule has 2 fully saturated rings. The number of alkyl halides is 3. The van der Waals surface area contributed by atoms with Gasteiger partial charge in [-0.3, -0.25) is 9.59 Å². The molecule has 1 spiro atoms. The maximum absolute atomic E-state index is 13.4. The van der Waals surface area contributed by atoms with E-state index in [1.54, 1.807) is 18.0 Å². The highest BCUT2D eigenvalue weighted by Crippen LogP contribution is 2.47. The molecule has 168 valence electrons. The Balaban J connectivity index is 1.87. The number of benzene rings is 1. The summed E-state index contributed by atoms with van der Waals surface area (Å²) >= 11 is 0. The van der Waals surface area contributed by atoms with Gasteiger partial charge in [0.05, 0.1) is 23.1 Å². The zero-order valence-electron chi connectivity index (χ0n) is 17.8. The Morgan fingerprint density at radius 1 is 1.29 bits per heavy atom. The molecule has 2 amide bonds. The number of piperidine rings is 1. The number of amides is 2. The molecule has 2 aliphatic rings. The summed E-state index contributed by atoms with van der Waals surface area (Å²) in [7, 11) is 1.56. The van der Waals surface area contributed by atoms with Crippen LogP contribution in [0.4, 0.5) is 18.9 Å². The van der Waals surface area contributed by atoms with E-state index in [4.69, 9.17) is 5.26 Å². The van der Waals surface area contributed by atoms with E-state index in [0.717, 1.165) is 12.5 Å². The van der Waals surface area contributed by atoms with Crippen LogP contribution < -0.4 is 10.2 Å². The fourth-order valence-electron chi connectivity index (χ4n) is 4.84. The van der Waals surface area contributed by atoms with Gasteiger partial charge in [0.1, 0.15) is 0 Å². The molecule has 0 bridgehead atoms. The van der Waals surface area contributed by atoms with Gasteiger partial charge < -0.3 is 15.1 Å². The van der Waals surface area contributed by atoms with Crippen molar-refractivity contribution in [1.82, 2.24) is 10.2 Å². The molecule has 1 aromatic carbocycles. The minimum atomic E-state index is -4.64. The zero-order chi connectivity index (χ0) is 22.8. The lowest BCUT2D eigenvalue weighted by Gasteiger charge is -2.42. The van der Waals surface area contributed by atoms with E-state index in [1.165, 1.54) is 12.1 Å². The molecular weight excluding hydrogens is 409 g/mol. The van der Waals surface area contributed by atoms with Crippen molar-refractivity contribution >= 4 is 17.5 Å². The van der Waals surface area contributed by atoms with Gasteiger partial charge in [-0.15, -0.1) is 0 Å². The van der Waals surface area contributed by atoms with Crippen molar-refractivity contribution in [3.8, 4) is 6.07 Å². The molecule has 0 aromatic heterocycles. The molecular formula is C22H27F3N4O2. The normalized spacial score (nSPS) is 20.6. The van der Waals surface area contributed by atoms with E-state index >= 15 is 0 Å². The Bertz CT molecular complexity index is 886. The Kier molecular flexibility index (Phi) is 6.48. The topological polar surface area (TPSA) is 76.4 Å². The molecule has 31 heavy (non-hydrogen) atoms. The average molecular weight is 436 g/mol. The van der Waals surface area contributed by atoms with Crippen molar-refractivity contribution in [3.05, 3.63) is 29.3 Å². The highest BCUT2D eigenvalue weighted by molar-refractivity contribution is 5.81. The van der Waals surface area contributed by atoms with Gasteiger partial charge in [-0.05, 0) is 37.5 Å². The SMILES string of the molecule is CCCC(=O)N1CCC2(CC1)CN(c1ccc(C#N)c(C(F)(F)F)c1)CC2C(=O)NC. The first-order valence-corrected chi connectivity index (χ1v) is 10.5. The van der Waals surface area contributed by atoms with Crippen LogP contribution in [0.3, 0.4) is 0 Å². The van der Waals surface area contributed by atoms with Crippen LogP contribution in [0.25, 0.3) is 0 Å². The van der Waals surface area contributed by atoms with Crippen LogP contribution in [0.15, 0.2) is 18.2 Å². The summed E-state index contributed by atoms with van der Waals surface area (Å²) in [6.45, 7) is 3.77. The van der Waals surface area contributed by atoms with E-state index in [1.807, 2.05) is 11.8 Å². The first kappa shape index (κ1) is 22.9. The van der Waals surface area contributed by atoms with Crippen LogP contribution in [-0.4, -0.2) is 49.9 Å². The number of halogens is 3. The predicted octanol–water partition coefficient (Wildman–Crippen LogP) is 3.17. The molecule has 1 unspecified atom stereocenters. The average Bonchev–Trinajstić information content (AvgIpc) is 3.11. The van der Waals surface area contributed by atoms with E-state index in [-0.39, 0.29) is 17.7 Å². The number of rotatable bonds is 4. The summed E-state index contributed by atoms with van der Waals surface area (Å²) in [5.74, 6) is -0.419. The number of likely N-dealkylation sites (tertiary alicyclic amines) is 1. The molecule has 1 N–H and O–H groups in total. The molecule has 9 heteroatoms. The fraction of sp³-hybridized carbons (Fsp3) is 0.591. The second-order valence-corrected chi connectivity index (χ2v) is 8.38. The smallest absolute Gasteiger partial charge is 0.370 e. The van der Waals surface area contributed by atoms with Crippen LogP contribution in [-0.2, 0) is 15.8 Å². The third-order valence-electron chi connectivity index (χ3n) is 6.58. The van der Waals surface area contributed by atoms with Gasteiger partial charge in [-0.2, -0.15) is 18.4 Å². The Morgan fingerprint density at radius 3 is 2.52 bits per heavy atom. The van der Waals surface area contributed by atoms with Gasteiger partial charge in [0, 0.05) is 50.7 Å². The van der Waals surface area contributed by atoms with Crippen molar-refractivity contribution in [2.75, 3.05) is 38.1 Å². The van der Waals surface area contributed by atoms with E-state index < -0.39 is 22.7 Å². The lowest BCUT2D eigenvalue weighted by molar-refractivity contribution is -0.138. The second kappa shape index (κ2) is 8.77. The first-order chi connectivity index (χ1) is 14.6. The maximum Gasteiger partial charge on any atom is 0.417 e. The molecule has 0 radical (unpaired) electrons. The molecule has 2 heterocycles. The monoisotopic (exact) mass is 436 g/mol. The number of nitrogens with zero attached hydrogens (tertiary/aromatic N) is 3. The number of anilines is 1. The number of hydrogen-bond donors (Lipinski definition) is 1. The van der Waals surface area contributed by atoms with Crippen LogP contribution in [0.2, 0.25) is 0 Å². The Labute approximate surface area is 180 Å². The summed E-state index contributed by atoms with van der Waals surface area (Å²) in [4.78, 5) is 28.5. The third-order valence-corrected chi connectivity index (χ3v) is 6.58. The summed E-state index contributed by atoms with van der Waals surface area (Å²) in [5, 5.41) is 11.7. The molecule has 6 nitrogen and oxygen atoms in total. The van der Waals surface area contributed by atoms with Gasteiger partial charge in [0.25, 0.3) is 0 Å². The first-order valence-electron chi connectivity index (χ1n) is 10.5.